The number of aromatic nitrogens is 5. The third-order valence-corrected chi connectivity index (χ3v) is 6.71. The van der Waals surface area contributed by atoms with Crippen molar-refractivity contribution in [1.82, 2.24) is 29.4 Å². The van der Waals surface area contributed by atoms with Crippen LogP contribution < -0.4 is 0 Å². The maximum atomic E-state index is 13.2. The van der Waals surface area contributed by atoms with Crippen molar-refractivity contribution >= 4 is 28.5 Å². The summed E-state index contributed by atoms with van der Waals surface area (Å²) in [5.41, 5.74) is -0.598. The summed E-state index contributed by atoms with van der Waals surface area (Å²) in [4.78, 5) is 16.1. The molecule has 0 spiro atoms. The molecular weight excluding hydrogens is 549 g/mol. The van der Waals surface area contributed by atoms with Crippen LogP contribution in [0.15, 0.2) is 53.2 Å². The van der Waals surface area contributed by atoms with Gasteiger partial charge in [0.05, 0.1) is 29.3 Å². The van der Waals surface area contributed by atoms with Gasteiger partial charge in [0, 0.05) is 30.6 Å². The standard InChI is InChI=1S/C29H39F3N8O2/c1-11-20(21-14-22-19(15-33-21)16-35-39(22)17-29(30,31)32)24-28(9,40-23(37-24)12-13-34-40)38(10)25(42-27(6,7)8)36-18(2)41-26(3,4)5/h12-16,20H,2,11,17H2,1,3-10H3/t20-,28?/m1/s1. The molecule has 1 unspecified atom stereocenters. The van der Waals surface area contributed by atoms with E-state index in [1.165, 1.54) is 6.20 Å². The van der Waals surface area contributed by atoms with Gasteiger partial charge in [0.15, 0.2) is 11.5 Å². The molecule has 1 aliphatic rings. The Kier molecular flexibility index (Phi) is 7.94. The first-order valence-corrected chi connectivity index (χ1v) is 13.7. The van der Waals surface area contributed by atoms with E-state index in [0.29, 0.717) is 34.5 Å². The van der Waals surface area contributed by atoms with E-state index in [1.807, 2.05) is 67.3 Å². The van der Waals surface area contributed by atoms with Crippen LogP contribution in [0.3, 0.4) is 0 Å². The summed E-state index contributed by atoms with van der Waals surface area (Å²) in [6, 6.07) is 3.69. The second-order valence-corrected chi connectivity index (χ2v) is 12.4. The Morgan fingerprint density at radius 2 is 1.76 bits per heavy atom. The fraction of sp³-hybridized carbons (Fsp3) is 0.552. The first-order valence-electron chi connectivity index (χ1n) is 13.7. The first kappa shape index (κ1) is 31.0. The van der Waals surface area contributed by atoms with Gasteiger partial charge in [-0.2, -0.15) is 28.4 Å². The molecule has 0 saturated heterocycles. The molecule has 10 nitrogen and oxygen atoms in total. The first-order chi connectivity index (χ1) is 19.3. The molecule has 13 heteroatoms. The third-order valence-electron chi connectivity index (χ3n) is 6.71. The van der Waals surface area contributed by atoms with E-state index >= 15 is 0 Å². The molecule has 1 aliphatic heterocycles. The molecule has 2 atom stereocenters. The summed E-state index contributed by atoms with van der Waals surface area (Å²) in [6.45, 7) is 18.1. The Morgan fingerprint density at radius 3 is 2.36 bits per heavy atom. The zero-order valence-corrected chi connectivity index (χ0v) is 25.6. The minimum Gasteiger partial charge on any atom is -0.472 e. The van der Waals surface area contributed by atoms with E-state index in [2.05, 4.69) is 26.8 Å². The van der Waals surface area contributed by atoms with Crippen molar-refractivity contribution in [2.24, 2.45) is 9.98 Å². The lowest BCUT2D eigenvalue weighted by Crippen LogP contribution is -2.56. The molecule has 3 aromatic rings. The van der Waals surface area contributed by atoms with Crippen LogP contribution in [0.1, 0.15) is 73.4 Å². The SMILES string of the molecule is C=C(N=C(OC(C)(C)C)N(C)C1(C)C([C@H](CC)c2cc3c(cn2)cnn3CC(F)(F)F)=Nc2ccnn21)OC(C)(C)C. The molecule has 0 fully saturated rings. The van der Waals surface area contributed by atoms with E-state index in [9.17, 15) is 13.2 Å². The van der Waals surface area contributed by atoms with Crippen molar-refractivity contribution in [2.75, 3.05) is 7.05 Å². The van der Waals surface area contributed by atoms with Gasteiger partial charge in [-0.05, 0) is 67.5 Å². The normalized spacial score (nSPS) is 18.6. The summed E-state index contributed by atoms with van der Waals surface area (Å²) in [6.07, 6.45) is 0.740. The molecule has 4 heterocycles. The van der Waals surface area contributed by atoms with Gasteiger partial charge in [0.1, 0.15) is 17.7 Å². The zero-order valence-electron chi connectivity index (χ0n) is 25.6. The van der Waals surface area contributed by atoms with Crippen LogP contribution in [-0.2, 0) is 21.7 Å². The lowest BCUT2D eigenvalue weighted by molar-refractivity contribution is -0.141. The molecule has 228 valence electrons. The number of fused-ring (bicyclic) bond motifs is 2. The van der Waals surface area contributed by atoms with Gasteiger partial charge < -0.3 is 9.47 Å². The van der Waals surface area contributed by atoms with Crippen molar-refractivity contribution in [3.05, 3.63) is 48.9 Å². The number of pyridine rings is 1. The van der Waals surface area contributed by atoms with Crippen molar-refractivity contribution in [3.63, 3.8) is 0 Å². The van der Waals surface area contributed by atoms with Crippen LogP contribution >= 0.6 is 0 Å². The molecule has 0 aromatic carbocycles. The van der Waals surface area contributed by atoms with Crippen LogP contribution in [0.2, 0.25) is 0 Å². The average molecular weight is 589 g/mol. The highest BCUT2D eigenvalue weighted by atomic mass is 19.4. The van der Waals surface area contributed by atoms with Crippen LogP contribution in [0.4, 0.5) is 19.0 Å². The lowest BCUT2D eigenvalue weighted by atomic mass is 9.87. The van der Waals surface area contributed by atoms with Gasteiger partial charge in [-0.25, -0.2) is 9.67 Å². The predicted octanol–water partition coefficient (Wildman–Crippen LogP) is 6.53. The van der Waals surface area contributed by atoms with Gasteiger partial charge in [0.2, 0.25) is 5.88 Å². The number of aliphatic imine (C=N–C) groups is 2. The number of nitrogens with zero attached hydrogens (tertiary/aromatic N) is 8. The van der Waals surface area contributed by atoms with E-state index < -0.39 is 29.6 Å². The van der Waals surface area contributed by atoms with E-state index in [4.69, 9.17) is 14.5 Å². The minimum atomic E-state index is -4.41. The number of alkyl halides is 3. The fourth-order valence-electron chi connectivity index (χ4n) is 4.90. The number of halogens is 3. The molecule has 42 heavy (non-hydrogen) atoms. The average Bonchev–Trinajstić information content (AvgIpc) is 3.52. The monoisotopic (exact) mass is 588 g/mol. The minimum absolute atomic E-state index is 0.173. The highest BCUT2D eigenvalue weighted by Gasteiger charge is 2.49. The van der Waals surface area contributed by atoms with E-state index in [0.717, 1.165) is 4.68 Å². The maximum Gasteiger partial charge on any atom is 0.408 e. The van der Waals surface area contributed by atoms with Crippen LogP contribution in [-0.4, -0.2) is 65.6 Å². The highest BCUT2D eigenvalue weighted by molar-refractivity contribution is 6.02. The number of amidine groups is 1. The lowest BCUT2D eigenvalue weighted by Gasteiger charge is -2.41. The second kappa shape index (κ2) is 10.7. The fourth-order valence-corrected chi connectivity index (χ4v) is 4.90. The van der Waals surface area contributed by atoms with Crippen molar-refractivity contribution in [1.29, 1.82) is 0 Å². The van der Waals surface area contributed by atoms with Gasteiger partial charge in [-0.3, -0.25) is 14.6 Å². The topological polar surface area (TPSA) is 95.0 Å². The smallest absolute Gasteiger partial charge is 0.408 e. The Balaban J connectivity index is 1.81. The van der Waals surface area contributed by atoms with Gasteiger partial charge in [-0.1, -0.05) is 6.92 Å². The maximum absolute atomic E-state index is 13.2. The Morgan fingerprint density at radius 1 is 1.10 bits per heavy atom. The number of hydrogen-bond donors (Lipinski definition) is 0. The summed E-state index contributed by atoms with van der Waals surface area (Å²) >= 11 is 0. The Hall–Kier alpha value is -3.90. The van der Waals surface area contributed by atoms with Crippen molar-refractivity contribution in [2.45, 2.75) is 97.3 Å². The zero-order chi connectivity index (χ0) is 31.3. The molecule has 4 rings (SSSR count). The number of rotatable bonds is 7. The summed E-state index contributed by atoms with van der Waals surface area (Å²) in [5.74, 6) is 0.398. The van der Waals surface area contributed by atoms with Crippen LogP contribution in [0, 0.1) is 0 Å². The van der Waals surface area contributed by atoms with Crippen LogP contribution in [0.25, 0.3) is 10.9 Å². The number of hydrogen-bond acceptors (Lipinski definition) is 7. The molecule has 0 amide bonds. The molecule has 0 saturated carbocycles. The van der Waals surface area contributed by atoms with E-state index in [-0.39, 0.29) is 17.8 Å². The van der Waals surface area contributed by atoms with Gasteiger partial charge in [0.25, 0.3) is 6.02 Å². The second-order valence-electron chi connectivity index (χ2n) is 12.4. The summed E-state index contributed by atoms with van der Waals surface area (Å²) < 4.78 is 54.7. The van der Waals surface area contributed by atoms with Crippen molar-refractivity contribution < 1.29 is 22.6 Å². The Labute approximate surface area is 243 Å². The highest BCUT2D eigenvalue weighted by Crippen LogP contribution is 2.42. The van der Waals surface area contributed by atoms with Crippen molar-refractivity contribution in [3.8, 4) is 0 Å². The van der Waals surface area contributed by atoms with Gasteiger partial charge in [-0.15, -0.1) is 0 Å². The quantitative estimate of drug-likeness (QED) is 0.177. The van der Waals surface area contributed by atoms with Crippen LogP contribution in [0.5, 0.6) is 0 Å². The largest absolute Gasteiger partial charge is 0.472 e. The molecule has 0 N–H and O–H groups in total. The predicted molar refractivity (Wildman–Crippen MR) is 156 cm³/mol. The summed E-state index contributed by atoms with van der Waals surface area (Å²) in [5, 5.41) is 9.05. The molecular formula is C29H39F3N8O2. The number of ether oxygens (including phenoxy) is 2. The molecule has 3 aromatic heterocycles. The van der Waals surface area contributed by atoms with Gasteiger partial charge >= 0.3 is 6.18 Å². The molecule has 0 aliphatic carbocycles. The Bertz CT molecular complexity index is 1520. The molecule has 0 bridgehead atoms. The molecule has 0 radical (unpaired) electrons. The third kappa shape index (κ3) is 6.44. The van der Waals surface area contributed by atoms with E-state index in [1.54, 1.807) is 29.2 Å². The summed E-state index contributed by atoms with van der Waals surface area (Å²) in [7, 11) is 1.82.